The molecule has 0 bridgehead atoms. The normalized spacial score (nSPS) is 11.0. The molecule has 8 heteroatoms. The van der Waals surface area contributed by atoms with Gasteiger partial charge in [-0.1, -0.05) is 64.8 Å². The van der Waals surface area contributed by atoms with E-state index in [0.29, 0.717) is 15.7 Å². The molecule has 0 saturated carbocycles. The van der Waals surface area contributed by atoms with Gasteiger partial charge < -0.3 is 5.32 Å². The zero-order valence-electron chi connectivity index (χ0n) is 15.3. The van der Waals surface area contributed by atoms with Crippen molar-refractivity contribution in [1.82, 2.24) is 9.97 Å². The SMILES string of the molecule is Cc1ccc(-c2csc3ncnc(SCC(=O)Nc4cc(Cl)ccc4Cl)c23)cc1. The van der Waals surface area contributed by atoms with Gasteiger partial charge in [0.15, 0.2) is 0 Å². The van der Waals surface area contributed by atoms with Gasteiger partial charge in [-0.25, -0.2) is 9.97 Å². The second-order valence-corrected chi connectivity index (χ2v) is 9.00. The van der Waals surface area contributed by atoms with E-state index in [1.54, 1.807) is 29.5 Å². The Balaban J connectivity index is 1.56. The Morgan fingerprint density at radius 1 is 1.14 bits per heavy atom. The summed E-state index contributed by atoms with van der Waals surface area (Å²) in [5.41, 5.74) is 3.88. The van der Waals surface area contributed by atoms with E-state index < -0.39 is 0 Å². The third-order valence-corrected chi connectivity index (χ3v) is 6.68. The first kappa shape index (κ1) is 20.2. The zero-order chi connectivity index (χ0) is 20.4. The highest BCUT2D eigenvalue weighted by Gasteiger charge is 2.15. The van der Waals surface area contributed by atoms with Crippen LogP contribution in [-0.2, 0) is 4.79 Å². The summed E-state index contributed by atoms with van der Waals surface area (Å²) in [5, 5.41) is 7.58. The molecule has 0 aliphatic carbocycles. The van der Waals surface area contributed by atoms with Crippen molar-refractivity contribution >= 4 is 68.1 Å². The first-order valence-electron chi connectivity index (χ1n) is 8.68. The molecule has 0 aliphatic rings. The van der Waals surface area contributed by atoms with Crippen LogP contribution in [0.1, 0.15) is 5.56 Å². The van der Waals surface area contributed by atoms with Crippen molar-refractivity contribution in [3.63, 3.8) is 0 Å². The zero-order valence-corrected chi connectivity index (χ0v) is 18.4. The van der Waals surface area contributed by atoms with Gasteiger partial charge >= 0.3 is 0 Å². The Labute approximate surface area is 186 Å². The van der Waals surface area contributed by atoms with E-state index >= 15 is 0 Å². The predicted molar refractivity (Wildman–Crippen MR) is 123 cm³/mol. The summed E-state index contributed by atoms with van der Waals surface area (Å²) in [6, 6.07) is 13.3. The number of carbonyl (C=O) groups is 1. The van der Waals surface area contributed by atoms with Gasteiger partial charge in [-0.3, -0.25) is 4.79 Å². The first-order valence-corrected chi connectivity index (χ1v) is 11.3. The predicted octanol–water partition coefficient (Wildman–Crippen LogP) is 6.70. The van der Waals surface area contributed by atoms with E-state index in [1.807, 2.05) is 0 Å². The molecule has 4 aromatic rings. The van der Waals surface area contributed by atoms with Crippen LogP contribution in [0.5, 0.6) is 0 Å². The second-order valence-electron chi connectivity index (χ2n) is 6.34. The number of nitrogens with zero attached hydrogens (tertiary/aromatic N) is 2. The fraction of sp³-hybridized carbons (Fsp3) is 0.0952. The molecule has 1 N–H and O–H groups in total. The van der Waals surface area contributed by atoms with Crippen molar-refractivity contribution in [2.75, 3.05) is 11.1 Å². The lowest BCUT2D eigenvalue weighted by atomic mass is 10.1. The van der Waals surface area contributed by atoms with Crippen LogP contribution in [0.15, 0.2) is 59.2 Å². The molecule has 0 radical (unpaired) electrons. The molecule has 2 aromatic heterocycles. The monoisotopic (exact) mass is 459 g/mol. The number of nitrogens with one attached hydrogen (secondary N) is 1. The molecule has 146 valence electrons. The summed E-state index contributed by atoms with van der Waals surface area (Å²) in [6.45, 7) is 2.06. The van der Waals surface area contributed by atoms with E-state index in [9.17, 15) is 4.79 Å². The highest BCUT2D eigenvalue weighted by molar-refractivity contribution is 8.00. The molecule has 0 saturated heterocycles. The number of benzene rings is 2. The van der Waals surface area contributed by atoms with Gasteiger partial charge in [-0.2, -0.15) is 0 Å². The van der Waals surface area contributed by atoms with E-state index in [4.69, 9.17) is 23.2 Å². The number of amides is 1. The van der Waals surface area contributed by atoms with Crippen molar-refractivity contribution in [1.29, 1.82) is 0 Å². The maximum Gasteiger partial charge on any atom is 0.234 e. The molecule has 29 heavy (non-hydrogen) atoms. The van der Waals surface area contributed by atoms with Gasteiger partial charge in [0, 0.05) is 16.0 Å². The lowest BCUT2D eigenvalue weighted by molar-refractivity contribution is -0.113. The van der Waals surface area contributed by atoms with E-state index in [-0.39, 0.29) is 11.7 Å². The minimum absolute atomic E-state index is 0.182. The maximum atomic E-state index is 12.4. The molecule has 0 spiro atoms. The van der Waals surface area contributed by atoms with E-state index in [0.717, 1.165) is 26.4 Å². The Morgan fingerprint density at radius 2 is 1.93 bits per heavy atom. The summed E-state index contributed by atoms with van der Waals surface area (Å²) in [7, 11) is 0. The Bertz CT molecular complexity index is 1190. The molecule has 2 aromatic carbocycles. The standard InChI is InChI=1S/C21H15Cl2N3OS2/c1-12-2-4-13(5-3-12)15-9-28-20-19(15)21(25-11-24-20)29-10-18(27)26-17-8-14(22)6-7-16(17)23/h2-9,11H,10H2,1H3,(H,26,27). The number of hydrogen-bond acceptors (Lipinski definition) is 5. The first-order chi connectivity index (χ1) is 14.0. The van der Waals surface area contributed by atoms with Crippen molar-refractivity contribution in [2.24, 2.45) is 0 Å². The average molecular weight is 460 g/mol. The number of aryl methyl sites for hydroxylation is 1. The number of hydrogen-bond donors (Lipinski definition) is 1. The molecular formula is C21H15Cl2N3OS2. The van der Waals surface area contributed by atoms with Gasteiger partial charge in [0.05, 0.1) is 21.8 Å². The number of anilines is 1. The number of rotatable bonds is 5. The number of thiophene rings is 1. The average Bonchev–Trinajstić information content (AvgIpc) is 3.14. The molecule has 4 nitrogen and oxygen atoms in total. The third kappa shape index (κ3) is 4.56. The highest BCUT2D eigenvalue weighted by Crippen LogP contribution is 2.38. The largest absolute Gasteiger partial charge is 0.324 e. The van der Waals surface area contributed by atoms with Gasteiger partial charge in [-0.15, -0.1) is 11.3 Å². The van der Waals surface area contributed by atoms with Crippen LogP contribution >= 0.6 is 46.3 Å². The smallest absolute Gasteiger partial charge is 0.234 e. The Morgan fingerprint density at radius 3 is 2.72 bits per heavy atom. The molecule has 0 atom stereocenters. The second kappa shape index (κ2) is 8.71. The lowest BCUT2D eigenvalue weighted by Gasteiger charge is -2.08. The fourth-order valence-electron chi connectivity index (χ4n) is 2.82. The van der Waals surface area contributed by atoms with Crippen molar-refractivity contribution in [2.45, 2.75) is 11.9 Å². The minimum atomic E-state index is -0.182. The van der Waals surface area contributed by atoms with Crippen molar-refractivity contribution < 1.29 is 4.79 Å². The lowest BCUT2D eigenvalue weighted by Crippen LogP contribution is -2.14. The summed E-state index contributed by atoms with van der Waals surface area (Å²) < 4.78 is 0. The van der Waals surface area contributed by atoms with Crippen LogP contribution in [0.2, 0.25) is 10.0 Å². The van der Waals surface area contributed by atoms with Crippen molar-refractivity contribution in [3.8, 4) is 11.1 Å². The van der Waals surface area contributed by atoms with E-state index in [2.05, 4.69) is 51.9 Å². The van der Waals surface area contributed by atoms with Gasteiger partial charge in [0.25, 0.3) is 0 Å². The number of halogens is 2. The van der Waals surface area contributed by atoms with Crippen LogP contribution < -0.4 is 5.32 Å². The summed E-state index contributed by atoms with van der Waals surface area (Å²) in [6.07, 6.45) is 1.53. The van der Waals surface area contributed by atoms with E-state index in [1.165, 1.54) is 23.7 Å². The molecule has 2 heterocycles. The molecule has 0 unspecified atom stereocenters. The molecule has 1 amide bonds. The fourth-order valence-corrected chi connectivity index (χ4v) is 4.95. The van der Waals surface area contributed by atoms with Crippen LogP contribution in [0, 0.1) is 6.92 Å². The van der Waals surface area contributed by atoms with Crippen LogP contribution in [0.25, 0.3) is 21.3 Å². The Kier molecular flexibility index (Phi) is 6.06. The molecular weight excluding hydrogens is 445 g/mol. The van der Waals surface area contributed by atoms with Gasteiger partial charge in [-0.05, 0) is 30.7 Å². The van der Waals surface area contributed by atoms with Crippen LogP contribution in [-0.4, -0.2) is 21.6 Å². The summed E-state index contributed by atoms with van der Waals surface area (Å²) in [4.78, 5) is 22.1. The topological polar surface area (TPSA) is 54.9 Å². The van der Waals surface area contributed by atoms with Gasteiger partial charge in [0.1, 0.15) is 16.2 Å². The summed E-state index contributed by atoms with van der Waals surface area (Å²) >= 11 is 15.0. The van der Waals surface area contributed by atoms with Crippen LogP contribution in [0.3, 0.4) is 0 Å². The number of aromatic nitrogens is 2. The molecule has 4 rings (SSSR count). The van der Waals surface area contributed by atoms with Crippen molar-refractivity contribution in [3.05, 3.63) is 69.8 Å². The number of fused-ring (bicyclic) bond motifs is 1. The number of thioether (sulfide) groups is 1. The highest BCUT2D eigenvalue weighted by atomic mass is 35.5. The van der Waals surface area contributed by atoms with Crippen LogP contribution in [0.4, 0.5) is 5.69 Å². The van der Waals surface area contributed by atoms with Gasteiger partial charge in [0.2, 0.25) is 5.91 Å². The maximum absolute atomic E-state index is 12.4. The molecule has 0 aliphatic heterocycles. The Hall–Kier alpha value is -2.12. The minimum Gasteiger partial charge on any atom is -0.324 e. The quantitative estimate of drug-likeness (QED) is 0.266. The number of carbonyl (C=O) groups excluding carboxylic acids is 1. The summed E-state index contributed by atoms with van der Waals surface area (Å²) in [5.74, 6) is 0.0102. The molecule has 0 fully saturated rings. The third-order valence-electron chi connectivity index (χ3n) is 4.24.